The minimum atomic E-state index is -0.680. The van der Waals surface area contributed by atoms with Gasteiger partial charge in [0.2, 0.25) is 11.7 Å². The van der Waals surface area contributed by atoms with E-state index in [4.69, 9.17) is 9.26 Å². The smallest absolute Gasteiger partial charge is 0.278 e. The number of rotatable bonds is 3. The second kappa shape index (κ2) is 6.74. The van der Waals surface area contributed by atoms with Gasteiger partial charge in [-0.05, 0) is 32.4 Å². The van der Waals surface area contributed by atoms with Gasteiger partial charge in [-0.25, -0.2) is 9.37 Å². The Morgan fingerprint density at radius 3 is 2.87 bits per heavy atom. The normalized spacial score (nSPS) is 16.7. The number of nitrogens with zero attached hydrogens (tertiary/aromatic N) is 6. The molecular weight excluding hydrogens is 391 g/mol. The summed E-state index contributed by atoms with van der Waals surface area (Å²) in [5.41, 5.74) is 0.629. The Morgan fingerprint density at radius 2 is 2.17 bits per heavy atom. The molecule has 4 aromatic rings. The molecule has 3 aromatic heterocycles. The molecule has 0 amide bonds. The first-order chi connectivity index (χ1) is 14.5. The second-order valence-electron chi connectivity index (χ2n) is 7.50. The molecule has 0 aliphatic carbocycles. The van der Waals surface area contributed by atoms with Crippen LogP contribution in [0.4, 0.5) is 4.39 Å². The Morgan fingerprint density at radius 1 is 1.33 bits per heavy atom. The monoisotopic (exact) mass is 408 g/mol. The second-order valence-corrected chi connectivity index (χ2v) is 7.50. The van der Waals surface area contributed by atoms with E-state index in [9.17, 15) is 14.4 Å². The number of benzene rings is 1. The van der Waals surface area contributed by atoms with Crippen LogP contribution in [0.25, 0.3) is 28.1 Å². The molecular formula is C20H17FN6O3. The van der Waals surface area contributed by atoms with E-state index in [2.05, 4.69) is 15.1 Å². The van der Waals surface area contributed by atoms with E-state index in [0.29, 0.717) is 24.6 Å². The maximum Gasteiger partial charge on any atom is 0.278 e. The third kappa shape index (κ3) is 2.55. The number of fused-ring (bicyclic) bond motifs is 3. The molecule has 1 atom stereocenters. The number of imidazole rings is 1. The van der Waals surface area contributed by atoms with E-state index in [1.54, 1.807) is 18.2 Å². The molecule has 0 bridgehead atoms. The lowest BCUT2D eigenvalue weighted by Crippen LogP contribution is -2.25. The minimum Gasteiger partial charge on any atom is -0.381 e. The van der Waals surface area contributed by atoms with Gasteiger partial charge < -0.3 is 13.8 Å². The first-order valence-corrected chi connectivity index (χ1v) is 9.56. The van der Waals surface area contributed by atoms with Crippen LogP contribution < -0.4 is 5.56 Å². The molecule has 152 valence electrons. The zero-order valence-corrected chi connectivity index (χ0v) is 16.3. The van der Waals surface area contributed by atoms with Crippen molar-refractivity contribution in [3.8, 4) is 17.6 Å². The largest absolute Gasteiger partial charge is 0.381 e. The van der Waals surface area contributed by atoms with E-state index in [1.807, 2.05) is 6.07 Å². The van der Waals surface area contributed by atoms with Crippen LogP contribution in [-0.4, -0.2) is 37.3 Å². The SMILES string of the molecule is CC(C)n1c(=O)c2c(-c3noc(C4CCOC4)n3)ncn2c2ccc(F)c(C#N)c21. The third-order valence-corrected chi connectivity index (χ3v) is 5.36. The molecule has 30 heavy (non-hydrogen) atoms. The molecule has 0 radical (unpaired) electrons. The fourth-order valence-corrected chi connectivity index (χ4v) is 3.93. The predicted octanol–water partition coefficient (Wildman–Crippen LogP) is 2.79. The van der Waals surface area contributed by atoms with Crippen molar-refractivity contribution < 1.29 is 13.7 Å². The Hall–Kier alpha value is -3.58. The molecule has 1 fully saturated rings. The fraction of sp³-hybridized carbons (Fsp3) is 0.350. The maximum atomic E-state index is 14.3. The van der Waals surface area contributed by atoms with Gasteiger partial charge in [-0.3, -0.25) is 9.20 Å². The van der Waals surface area contributed by atoms with Gasteiger partial charge in [0.25, 0.3) is 5.56 Å². The molecule has 1 aliphatic heterocycles. The summed E-state index contributed by atoms with van der Waals surface area (Å²) in [5, 5.41) is 13.5. The summed E-state index contributed by atoms with van der Waals surface area (Å²) in [5.74, 6) is -0.00855. The van der Waals surface area contributed by atoms with Crippen molar-refractivity contribution in [2.75, 3.05) is 13.2 Å². The van der Waals surface area contributed by atoms with Crippen LogP contribution in [0, 0.1) is 17.1 Å². The zero-order valence-electron chi connectivity index (χ0n) is 16.3. The molecule has 9 nitrogen and oxygen atoms in total. The highest BCUT2D eigenvalue weighted by Gasteiger charge is 2.27. The lowest BCUT2D eigenvalue weighted by atomic mass is 10.1. The number of hydrogen-bond acceptors (Lipinski definition) is 7. The van der Waals surface area contributed by atoms with E-state index < -0.39 is 11.4 Å². The van der Waals surface area contributed by atoms with Crippen molar-refractivity contribution in [1.29, 1.82) is 5.26 Å². The van der Waals surface area contributed by atoms with Crippen LogP contribution >= 0.6 is 0 Å². The average molecular weight is 408 g/mol. The van der Waals surface area contributed by atoms with Gasteiger partial charge in [-0.2, -0.15) is 10.2 Å². The van der Waals surface area contributed by atoms with Crippen molar-refractivity contribution in [2.45, 2.75) is 32.2 Å². The summed E-state index contributed by atoms with van der Waals surface area (Å²) in [6, 6.07) is 4.29. The number of aromatic nitrogens is 5. The summed E-state index contributed by atoms with van der Waals surface area (Å²) in [7, 11) is 0. The molecule has 1 saturated heterocycles. The molecule has 5 rings (SSSR count). The molecule has 1 aliphatic rings. The summed E-state index contributed by atoms with van der Waals surface area (Å²) >= 11 is 0. The van der Waals surface area contributed by atoms with E-state index in [1.165, 1.54) is 23.0 Å². The average Bonchev–Trinajstić information content (AvgIpc) is 3.46. The number of ether oxygens (including phenoxy) is 1. The van der Waals surface area contributed by atoms with Crippen LogP contribution in [0.1, 0.15) is 43.7 Å². The molecule has 0 saturated carbocycles. The van der Waals surface area contributed by atoms with Crippen molar-refractivity contribution in [2.24, 2.45) is 0 Å². The van der Waals surface area contributed by atoms with Gasteiger partial charge in [-0.15, -0.1) is 0 Å². The lowest BCUT2D eigenvalue weighted by molar-refractivity contribution is 0.189. The molecule has 0 N–H and O–H groups in total. The third-order valence-electron chi connectivity index (χ3n) is 5.36. The highest BCUT2D eigenvalue weighted by atomic mass is 19.1. The topological polar surface area (TPSA) is 111 Å². The van der Waals surface area contributed by atoms with Crippen molar-refractivity contribution >= 4 is 16.6 Å². The predicted molar refractivity (Wildman–Crippen MR) is 103 cm³/mol. The van der Waals surface area contributed by atoms with E-state index >= 15 is 0 Å². The zero-order chi connectivity index (χ0) is 21.0. The van der Waals surface area contributed by atoms with Crippen molar-refractivity contribution in [3.05, 3.63) is 46.1 Å². The van der Waals surface area contributed by atoms with Crippen LogP contribution in [0.2, 0.25) is 0 Å². The highest BCUT2D eigenvalue weighted by Crippen LogP contribution is 2.29. The number of halogens is 1. The van der Waals surface area contributed by atoms with Gasteiger partial charge in [0.05, 0.1) is 23.6 Å². The highest BCUT2D eigenvalue weighted by molar-refractivity contribution is 5.87. The quantitative estimate of drug-likeness (QED) is 0.512. The minimum absolute atomic E-state index is 0.0226. The molecule has 1 aromatic carbocycles. The number of hydrogen-bond donors (Lipinski definition) is 0. The Bertz CT molecular complexity index is 1390. The summed E-state index contributed by atoms with van der Waals surface area (Å²) in [4.78, 5) is 22.2. The van der Waals surface area contributed by atoms with E-state index in [-0.39, 0.29) is 40.1 Å². The van der Waals surface area contributed by atoms with Gasteiger partial charge in [0.1, 0.15) is 35.0 Å². The summed E-state index contributed by atoms with van der Waals surface area (Å²) in [6.07, 6.45) is 2.24. The fourth-order valence-electron chi connectivity index (χ4n) is 3.93. The Labute approximate surface area is 169 Å². The Balaban J connectivity index is 1.82. The van der Waals surface area contributed by atoms with Crippen LogP contribution in [0.5, 0.6) is 0 Å². The van der Waals surface area contributed by atoms with Crippen LogP contribution in [0.3, 0.4) is 0 Å². The summed E-state index contributed by atoms with van der Waals surface area (Å²) < 4.78 is 28.0. The first kappa shape index (κ1) is 18.4. The van der Waals surface area contributed by atoms with Crippen molar-refractivity contribution in [3.63, 3.8) is 0 Å². The van der Waals surface area contributed by atoms with Crippen LogP contribution in [-0.2, 0) is 4.74 Å². The lowest BCUT2D eigenvalue weighted by Gasteiger charge is -2.16. The number of nitriles is 1. The molecule has 0 spiro atoms. The molecule has 10 heteroatoms. The Kier molecular flexibility index (Phi) is 4.15. The maximum absolute atomic E-state index is 14.3. The summed E-state index contributed by atoms with van der Waals surface area (Å²) in [6.45, 7) is 4.75. The van der Waals surface area contributed by atoms with Gasteiger partial charge >= 0.3 is 0 Å². The van der Waals surface area contributed by atoms with Gasteiger partial charge in [-0.1, -0.05) is 5.16 Å². The van der Waals surface area contributed by atoms with Gasteiger partial charge in [0.15, 0.2) is 0 Å². The standard InChI is InChI=1S/C20H17FN6O3/c1-10(2)27-16-12(7-22)13(21)3-4-14(16)26-9-23-15(17(26)20(27)28)18-24-19(30-25-18)11-5-6-29-8-11/h3-4,9-11H,5-6,8H2,1-2H3. The van der Waals surface area contributed by atoms with Crippen molar-refractivity contribution in [1.82, 2.24) is 24.1 Å². The first-order valence-electron chi connectivity index (χ1n) is 9.56. The van der Waals surface area contributed by atoms with E-state index in [0.717, 1.165) is 6.42 Å². The molecule has 1 unspecified atom stereocenters. The van der Waals surface area contributed by atoms with Gasteiger partial charge in [0, 0.05) is 12.6 Å². The van der Waals surface area contributed by atoms with Crippen LogP contribution in [0.15, 0.2) is 27.8 Å². The molecule has 4 heterocycles.